The van der Waals surface area contributed by atoms with Crippen LogP contribution in [-0.2, 0) is 9.53 Å². The van der Waals surface area contributed by atoms with E-state index in [-0.39, 0.29) is 12.3 Å². The van der Waals surface area contributed by atoms with E-state index in [1.165, 1.54) is 0 Å². The molecule has 6 heteroatoms. The van der Waals surface area contributed by atoms with E-state index < -0.39 is 23.0 Å². The van der Waals surface area contributed by atoms with Crippen LogP contribution in [0.1, 0.15) is 45.4 Å². The standard InChI is InChI=1S/C15H24ClNO4/c1-3-6-12-7-4-5-8-15(12,9-13(18)19)10-17-14(20)21-11(2)16/h3,11-12H,1,4-10H2,2H3,(H,17,20)(H,18,19). The van der Waals surface area contributed by atoms with Crippen molar-refractivity contribution in [2.45, 2.75) is 51.0 Å². The van der Waals surface area contributed by atoms with Crippen LogP contribution in [0.2, 0.25) is 0 Å². The minimum Gasteiger partial charge on any atom is -0.481 e. The van der Waals surface area contributed by atoms with Gasteiger partial charge in [0.15, 0.2) is 5.56 Å². The Hall–Kier alpha value is -1.23. The van der Waals surface area contributed by atoms with Crippen LogP contribution in [0.5, 0.6) is 0 Å². The number of alkyl halides is 1. The molecule has 1 rings (SSSR count). The highest BCUT2D eigenvalue weighted by Crippen LogP contribution is 2.45. The van der Waals surface area contributed by atoms with Gasteiger partial charge in [0.05, 0.1) is 6.42 Å². The summed E-state index contributed by atoms with van der Waals surface area (Å²) in [5.41, 5.74) is -1.15. The van der Waals surface area contributed by atoms with Crippen molar-refractivity contribution in [2.75, 3.05) is 6.54 Å². The number of carboxylic acid groups (broad SMARTS) is 1. The van der Waals surface area contributed by atoms with Crippen molar-refractivity contribution in [3.63, 3.8) is 0 Å². The summed E-state index contributed by atoms with van der Waals surface area (Å²) in [5, 5.41) is 11.9. The molecule has 0 radical (unpaired) electrons. The number of alkyl carbamates (subject to hydrolysis) is 1. The van der Waals surface area contributed by atoms with E-state index in [1.54, 1.807) is 6.92 Å². The molecule has 120 valence electrons. The van der Waals surface area contributed by atoms with Gasteiger partial charge in [-0.1, -0.05) is 30.5 Å². The first-order chi connectivity index (χ1) is 9.89. The summed E-state index contributed by atoms with van der Waals surface area (Å²) in [7, 11) is 0. The van der Waals surface area contributed by atoms with E-state index in [1.807, 2.05) is 6.08 Å². The summed E-state index contributed by atoms with van der Waals surface area (Å²) in [6.07, 6.45) is 5.83. The van der Waals surface area contributed by atoms with Gasteiger partial charge in [-0.3, -0.25) is 4.79 Å². The SMILES string of the molecule is C=CCC1CCCCC1(CNC(=O)OC(C)Cl)CC(=O)O. The molecule has 1 aliphatic carbocycles. The fraction of sp³-hybridized carbons (Fsp3) is 0.733. The largest absolute Gasteiger partial charge is 0.481 e. The number of halogens is 1. The van der Waals surface area contributed by atoms with Crippen molar-refractivity contribution in [3.8, 4) is 0 Å². The maximum atomic E-state index is 11.6. The highest BCUT2D eigenvalue weighted by atomic mass is 35.5. The van der Waals surface area contributed by atoms with E-state index in [9.17, 15) is 14.7 Å². The Morgan fingerprint density at radius 3 is 2.86 bits per heavy atom. The number of carboxylic acids is 1. The van der Waals surface area contributed by atoms with E-state index in [4.69, 9.17) is 16.3 Å². The molecule has 1 saturated carbocycles. The van der Waals surface area contributed by atoms with Crippen molar-refractivity contribution in [1.29, 1.82) is 0 Å². The van der Waals surface area contributed by atoms with Gasteiger partial charge in [0.1, 0.15) is 0 Å². The Morgan fingerprint density at radius 2 is 2.29 bits per heavy atom. The molecule has 0 spiro atoms. The molecule has 0 heterocycles. The van der Waals surface area contributed by atoms with Crippen LogP contribution in [0, 0.1) is 11.3 Å². The molecule has 3 atom stereocenters. The second-order valence-electron chi connectivity index (χ2n) is 5.70. The molecule has 0 aromatic rings. The zero-order chi connectivity index (χ0) is 15.9. The molecule has 21 heavy (non-hydrogen) atoms. The van der Waals surface area contributed by atoms with Crippen LogP contribution in [-0.4, -0.2) is 29.3 Å². The molecule has 0 aromatic heterocycles. The third-order valence-corrected chi connectivity index (χ3v) is 4.24. The minimum atomic E-state index is -0.841. The predicted octanol–water partition coefficient (Wildman–Crippen LogP) is 3.52. The molecule has 1 aliphatic rings. The lowest BCUT2D eigenvalue weighted by Crippen LogP contribution is -2.46. The Balaban J connectivity index is 2.78. The maximum absolute atomic E-state index is 11.6. The van der Waals surface area contributed by atoms with Crippen LogP contribution in [0.25, 0.3) is 0 Å². The maximum Gasteiger partial charge on any atom is 0.408 e. The smallest absolute Gasteiger partial charge is 0.408 e. The highest BCUT2D eigenvalue weighted by molar-refractivity contribution is 6.19. The molecular weight excluding hydrogens is 294 g/mol. The number of rotatable bonds is 7. The number of aliphatic carboxylic acids is 1. The summed E-state index contributed by atoms with van der Waals surface area (Å²) in [4.78, 5) is 22.9. The molecular formula is C15H24ClNO4. The summed E-state index contributed by atoms with van der Waals surface area (Å²) in [5.74, 6) is -0.625. The first-order valence-electron chi connectivity index (χ1n) is 7.31. The van der Waals surface area contributed by atoms with Gasteiger partial charge in [0.25, 0.3) is 0 Å². The topological polar surface area (TPSA) is 75.6 Å². The van der Waals surface area contributed by atoms with Gasteiger partial charge in [0.2, 0.25) is 0 Å². The molecule has 0 aliphatic heterocycles. The number of carbonyl (C=O) groups is 2. The average Bonchev–Trinajstić information content (AvgIpc) is 2.38. The summed E-state index contributed by atoms with van der Waals surface area (Å²) >= 11 is 5.60. The minimum absolute atomic E-state index is 0.0439. The molecule has 2 N–H and O–H groups in total. The zero-order valence-corrected chi connectivity index (χ0v) is 13.2. The van der Waals surface area contributed by atoms with Crippen molar-refractivity contribution in [3.05, 3.63) is 12.7 Å². The van der Waals surface area contributed by atoms with Crippen molar-refractivity contribution >= 4 is 23.7 Å². The average molecular weight is 318 g/mol. The van der Waals surface area contributed by atoms with Gasteiger partial charge in [-0.05, 0) is 32.1 Å². The van der Waals surface area contributed by atoms with Crippen LogP contribution in [0.4, 0.5) is 4.79 Å². The fourth-order valence-corrected chi connectivity index (χ4v) is 3.29. The monoisotopic (exact) mass is 317 g/mol. The molecule has 0 aromatic carbocycles. The molecule has 3 unspecified atom stereocenters. The third-order valence-electron chi connectivity index (χ3n) is 4.15. The van der Waals surface area contributed by atoms with Gasteiger partial charge in [-0.2, -0.15) is 0 Å². The van der Waals surface area contributed by atoms with Crippen LogP contribution >= 0.6 is 11.6 Å². The van der Waals surface area contributed by atoms with E-state index in [0.717, 1.165) is 32.1 Å². The molecule has 5 nitrogen and oxygen atoms in total. The van der Waals surface area contributed by atoms with Crippen LogP contribution in [0.3, 0.4) is 0 Å². The Kier molecular flexibility index (Phi) is 7.02. The number of nitrogens with one attached hydrogen (secondary N) is 1. The number of allylic oxidation sites excluding steroid dienone is 1. The van der Waals surface area contributed by atoms with Crippen molar-refractivity contribution in [1.82, 2.24) is 5.32 Å². The number of hydrogen-bond donors (Lipinski definition) is 2. The summed E-state index contributed by atoms with van der Waals surface area (Å²) in [6.45, 7) is 5.60. The van der Waals surface area contributed by atoms with E-state index in [2.05, 4.69) is 11.9 Å². The van der Waals surface area contributed by atoms with Gasteiger partial charge < -0.3 is 15.2 Å². The Labute approximate surface area is 130 Å². The fourth-order valence-electron chi connectivity index (χ4n) is 3.21. The number of carbonyl (C=O) groups excluding carboxylic acids is 1. The van der Waals surface area contributed by atoms with Crippen molar-refractivity contribution in [2.24, 2.45) is 11.3 Å². The van der Waals surface area contributed by atoms with Gasteiger partial charge in [-0.25, -0.2) is 4.79 Å². The van der Waals surface area contributed by atoms with Gasteiger partial charge in [0, 0.05) is 12.0 Å². The molecule has 0 bridgehead atoms. The Morgan fingerprint density at radius 1 is 1.57 bits per heavy atom. The summed E-state index contributed by atoms with van der Waals surface area (Å²) in [6, 6.07) is 0. The molecule has 1 amide bonds. The van der Waals surface area contributed by atoms with Crippen LogP contribution in [0.15, 0.2) is 12.7 Å². The van der Waals surface area contributed by atoms with E-state index in [0.29, 0.717) is 6.54 Å². The number of ether oxygens (including phenoxy) is 1. The lowest BCUT2D eigenvalue weighted by atomic mass is 9.63. The lowest BCUT2D eigenvalue weighted by molar-refractivity contribution is -0.141. The zero-order valence-electron chi connectivity index (χ0n) is 12.4. The second-order valence-corrected chi connectivity index (χ2v) is 6.32. The quantitative estimate of drug-likeness (QED) is 0.556. The molecule has 1 fully saturated rings. The van der Waals surface area contributed by atoms with E-state index >= 15 is 0 Å². The molecule has 0 saturated heterocycles. The Bertz CT molecular complexity index is 386. The second kappa shape index (κ2) is 8.27. The number of hydrogen-bond acceptors (Lipinski definition) is 3. The number of amides is 1. The summed E-state index contributed by atoms with van der Waals surface area (Å²) < 4.78 is 4.83. The van der Waals surface area contributed by atoms with Crippen molar-refractivity contribution < 1.29 is 19.4 Å². The lowest BCUT2D eigenvalue weighted by Gasteiger charge is -2.43. The van der Waals surface area contributed by atoms with Gasteiger partial charge in [-0.15, -0.1) is 6.58 Å². The normalized spacial score (nSPS) is 26.7. The highest BCUT2D eigenvalue weighted by Gasteiger charge is 2.42. The first kappa shape index (κ1) is 17.8. The van der Waals surface area contributed by atoms with Gasteiger partial charge >= 0.3 is 12.1 Å². The third kappa shape index (κ3) is 5.58. The first-order valence-corrected chi connectivity index (χ1v) is 7.74. The predicted molar refractivity (Wildman–Crippen MR) is 81.3 cm³/mol. The van der Waals surface area contributed by atoms with Crippen LogP contribution < -0.4 is 5.32 Å².